The predicted molar refractivity (Wildman–Crippen MR) is 131 cm³/mol. The first kappa shape index (κ1) is 25.6. The van der Waals surface area contributed by atoms with Crippen molar-refractivity contribution in [2.24, 2.45) is 5.73 Å². The fourth-order valence-corrected chi connectivity index (χ4v) is 4.33. The van der Waals surface area contributed by atoms with Gasteiger partial charge in [-0.05, 0) is 31.9 Å². The molecule has 0 radical (unpaired) electrons. The molecule has 1 saturated heterocycles. The number of fused-ring (bicyclic) bond motifs is 1. The molecule has 0 bridgehead atoms. The number of imide groups is 1. The van der Waals surface area contributed by atoms with Gasteiger partial charge >= 0.3 is 0 Å². The lowest BCUT2D eigenvalue weighted by Gasteiger charge is -2.22. The van der Waals surface area contributed by atoms with Crippen LogP contribution in [-0.2, 0) is 14.4 Å². The van der Waals surface area contributed by atoms with Crippen LogP contribution in [0.1, 0.15) is 83.1 Å². The number of nitrogens with two attached hydrogens (primary N) is 1. The lowest BCUT2D eigenvalue weighted by atomic mass is 10.1. The number of aromatic nitrogens is 2. The van der Waals surface area contributed by atoms with Crippen LogP contribution in [-0.4, -0.2) is 34.0 Å². The Labute approximate surface area is 199 Å². The molecule has 1 aromatic carbocycles. The van der Waals surface area contributed by atoms with Crippen LogP contribution in [0, 0.1) is 0 Å². The highest BCUT2D eigenvalue weighted by molar-refractivity contribution is 6.02. The van der Waals surface area contributed by atoms with Gasteiger partial charge in [0.1, 0.15) is 6.04 Å². The molecule has 0 aliphatic carbocycles. The third kappa shape index (κ3) is 6.96. The zero-order chi connectivity index (χ0) is 24.3. The molecule has 0 saturated carbocycles. The number of unbranched alkanes of at least 4 members (excludes halogenated alkanes) is 8. The van der Waals surface area contributed by atoms with E-state index in [-0.39, 0.29) is 24.7 Å². The SMILES string of the molecule is NCCCCCCCCCCCC(=O)Nc1cccc2cnn(C3CCC(=O)NC3=O)c(=O)c12. The lowest BCUT2D eigenvalue weighted by Crippen LogP contribution is -2.45. The third-order valence-electron chi connectivity index (χ3n) is 6.23. The molecule has 3 rings (SSSR count). The monoisotopic (exact) mass is 469 g/mol. The first-order valence-electron chi connectivity index (χ1n) is 12.4. The van der Waals surface area contributed by atoms with Gasteiger partial charge in [0.2, 0.25) is 11.8 Å². The number of amides is 3. The largest absolute Gasteiger partial charge is 0.330 e. The molecule has 9 heteroatoms. The van der Waals surface area contributed by atoms with Crippen LogP contribution in [0.15, 0.2) is 29.2 Å². The normalized spacial score (nSPS) is 16.0. The fourth-order valence-electron chi connectivity index (χ4n) is 4.33. The van der Waals surface area contributed by atoms with Crippen molar-refractivity contribution < 1.29 is 14.4 Å². The highest BCUT2D eigenvalue weighted by atomic mass is 16.2. The van der Waals surface area contributed by atoms with E-state index in [0.29, 0.717) is 22.9 Å². The Hall–Kier alpha value is -3.07. The second-order valence-electron chi connectivity index (χ2n) is 8.90. The topological polar surface area (TPSA) is 136 Å². The van der Waals surface area contributed by atoms with E-state index in [0.717, 1.165) is 36.9 Å². The summed E-state index contributed by atoms with van der Waals surface area (Å²) in [6, 6.07) is 4.33. The van der Waals surface area contributed by atoms with Gasteiger partial charge in [0.05, 0.1) is 17.3 Å². The zero-order valence-corrected chi connectivity index (χ0v) is 19.7. The van der Waals surface area contributed by atoms with Gasteiger partial charge in [-0.3, -0.25) is 24.5 Å². The molecular weight excluding hydrogens is 434 g/mol. The summed E-state index contributed by atoms with van der Waals surface area (Å²) in [6.45, 7) is 0.772. The first-order chi connectivity index (χ1) is 16.5. The van der Waals surface area contributed by atoms with Crippen LogP contribution in [0.25, 0.3) is 10.8 Å². The van der Waals surface area contributed by atoms with Crippen LogP contribution < -0.4 is 21.9 Å². The summed E-state index contributed by atoms with van der Waals surface area (Å²) in [5, 5.41) is 10.1. The summed E-state index contributed by atoms with van der Waals surface area (Å²) in [6.07, 6.45) is 12.4. The molecule has 1 aliphatic heterocycles. The smallest absolute Gasteiger partial charge is 0.277 e. The zero-order valence-electron chi connectivity index (χ0n) is 19.7. The number of hydrogen-bond donors (Lipinski definition) is 3. The Morgan fingerprint density at radius 2 is 1.71 bits per heavy atom. The number of piperidine rings is 1. The summed E-state index contributed by atoms with van der Waals surface area (Å²) in [5.41, 5.74) is 5.45. The fraction of sp³-hybridized carbons (Fsp3) is 0.560. The minimum absolute atomic E-state index is 0.141. The van der Waals surface area contributed by atoms with Gasteiger partial charge < -0.3 is 11.1 Å². The summed E-state index contributed by atoms with van der Waals surface area (Å²) in [7, 11) is 0. The molecule has 34 heavy (non-hydrogen) atoms. The molecule has 1 atom stereocenters. The first-order valence-corrected chi connectivity index (χ1v) is 12.4. The minimum atomic E-state index is -0.848. The number of nitrogens with one attached hydrogen (secondary N) is 2. The van der Waals surface area contributed by atoms with Gasteiger partial charge in [0, 0.05) is 18.2 Å². The Balaban J connectivity index is 1.54. The number of hydrogen-bond acceptors (Lipinski definition) is 6. The molecule has 184 valence electrons. The van der Waals surface area contributed by atoms with Crippen molar-refractivity contribution in [3.05, 3.63) is 34.7 Å². The summed E-state index contributed by atoms with van der Waals surface area (Å²) in [4.78, 5) is 49.4. The number of carbonyl (C=O) groups excluding carboxylic acids is 3. The van der Waals surface area contributed by atoms with Crippen molar-refractivity contribution in [1.29, 1.82) is 0 Å². The van der Waals surface area contributed by atoms with E-state index < -0.39 is 17.5 Å². The van der Waals surface area contributed by atoms with Gasteiger partial charge in [-0.25, -0.2) is 4.68 Å². The van der Waals surface area contributed by atoms with E-state index in [4.69, 9.17) is 5.73 Å². The summed E-state index contributed by atoms with van der Waals surface area (Å²) in [5.74, 6) is -1.04. The minimum Gasteiger partial charge on any atom is -0.330 e. The van der Waals surface area contributed by atoms with E-state index in [1.807, 2.05) is 0 Å². The van der Waals surface area contributed by atoms with Gasteiger partial charge in [0.15, 0.2) is 0 Å². The Kier molecular flexibility index (Phi) is 9.75. The predicted octanol–water partition coefficient (Wildman–Crippen LogP) is 3.17. The molecule has 2 aromatic rings. The van der Waals surface area contributed by atoms with Crippen molar-refractivity contribution in [3.8, 4) is 0 Å². The van der Waals surface area contributed by atoms with Crippen molar-refractivity contribution in [2.75, 3.05) is 11.9 Å². The molecule has 9 nitrogen and oxygen atoms in total. The summed E-state index contributed by atoms with van der Waals surface area (Å²) >= 11 is 0. The maximum Gasteiger partial charge on any atom is 0.277 e. The van der Waals surface area contributed by atoms with E-state index in [9.17, 15) is 19.2 Å². The van der Waals surface area contributed by atoms with E-state index in [2.05, 4.69) is 15.7 Å². The average molecular weight is 470 g/mol. The third-order valence-corrected chi connectivity index (χ3v) is 6.23. The Bertz CT molecular complexity index is 1060. The van der Waals surface area contributed by atoms with Crippen LogP contribution in [0.2, 0.25) is 0 Å². The van der Waals surface area contributed by atoms with Gasteiger partial charge in [-0.2, -0.15) is 5.10 Å². The average Bonchev–Trinajstić information content (AvgIpc) is 2.81. The molecular formula is C25H35N5O4. The van der Waals surface area contributed by atoms with E-state index in [1.165, 1.54) is 38.3 Å². The molecule has 2 heterocycles. The number of anilines is 1. The molecule has 1 fully saturated rings. The van der Waals surface area contributed by atoms with Crippen LogP contribution in [0.5, 0.6) is 0 Å². The molecule has 4 N–H and O–H groups in total. The van der Waals surface area contributed by atoms with Crippen molar-refractivity contribution >= 4 is 34.2 Å². The quantitative estimate of drug-likeness (QED) is 0.304. The maximum absolute atomic E-state index is 13.2. The van der Waals surface area contributed by atoms with Gasteiger partial charge in [-0.1, -0.05) is 57.1 Å². The van der Waals surface area contributed by atoms with Crippen molar-refractivity contribution in [2.45, 2.75) is 83.1 Å². The van der Waals surface area contributed by atoms with Crippen LogP contribution in [0.4, 0.5) is 5.69 Å². The second kappa shape index (κ2) is 13.0. The highest BCUT2D eigenvalue weighted by Gasteiger charge is 2.30. The molecule has 0 spiro atoms. The Morgan fingerprint density at radius 1 is 1.03 bits per heavy atom. The second-order valence-corrected chi connectivity index (χ2v) is 8.90. The maximum atomic E-state index is 13.2. The highest BCUT2D eigenvalue weighted by Crippen LogP contribution is 2.22. The van der Waals surface area contributed by atoms with Crippen LogP contribution >= 0.6 is 0 Å². The van der Waals surface area contributed by atoms with Gasteiger partial charge in [-0.15, -0.1) is 0 Å². The number of benzene rings is 1. The number of carbonyl (C=O) groups is 3. The molecule has 3 amide bonds. The van der Waals surface area contributed by atoms with Crippen LogP contribution in [0.3, 0.4) is 0 Å². The molecule has 1 unspecified atom stereocenters. The number of nitrogens with zero attached hydrogens (tertiary/aromatic N) is 2. The van der Waals surface area contributed by atoms with E-state index >= 15 is 0 Å². The van der Waals surface area contributed by atoms with E-state index in [1.54, 1.807) is 18.2 Å². The summed E-state index contributed by atoms with van der Waals surface area (Å²) < 4.78 is 1.11. The van der Waals surface area contributed by atoms with Crippen molar-refractivity contribution in [1.82, 2.24) is 15.1 Å². The Morgan fingerprint density at radius 3 is 2.38 bits per heavy atom. The van der Waals surface area contributed by atoms with Crippen molar-refractivity contribution in [3.63, 3.8) is 0 Å². The lowest BCUT2D eigenvalue weighted by molar-refractivity contribution is -0.136. The standard InChI is InChI=1S/C25H35N5O4/c26-16-9-7-5-3-1-2-4-6-8-13-21(31)28-19-12-10-11-18-17-27-30(25(34)23(18)19)20-14-15-22(32)29-24(20)33/h10-12,17,20H,1-9,13-16,26H2,(H,28,31)(H,29,32,33). The van der Waals surface area contributed by atoms with Gasteiger partial charge in [0.25, 0.3) is 11.5 Å². The molecule has 1 aliphatic rings. The number of rotatable bonds is 13. The molecule has 1 aromatic heterocycles.